The Hall–Kier alpha value is -9.29. The number of hydrogen-bond donors (Lipinski definition) is 0. The summed E-state index contributed by atoms with van der Waals surface area (Å²) in [5.74, 6) is 1.90. The van der Waals surface area contributed by atoms with Gasteiger partial charge in [0.05, 0.1) is 56.4 Å². The molecule has 5 aromatic heterocycles. The molecule has 0 spiro atoms. The van der Waals surface area contributed by atoms with Crippen LogP contribution in [0.2, 0.25) is 0 Å². The largest absolute Gasteiger partial charge is 0.510 e. The fourth-order valence-electron chi connectivity index (χ4n) is 11.1. The molecule has 0 aliphatic heterocycles. The van der Waals surface area contributed by atoms with Crippen LogP contribution in [0.25, 0.3) is 116 Å². The summed E-state index contributed by atoms with van der Waals surface area (Å²) in [6.07, 6.45) is 5.66. The molecular weight excluding hydrogens is 1090 g/mol. The van der Waals surface area contributed by atoms with E-state index in [1.165, 1.54) is 32.6 Å². The molecule has 352 valence electrons. The normalized spacial score (nSPS) is 11.7. The first kappa shape index (κ1) is 43.5. The maximum absolute atomic E-state index is 6.68. The van der Waals surface area contributed by atoms with E-state index in [0.29, 0.717) is 11.5 Å². The van der Waals surface area contributed by atoms with E-state index in [2.05, 4.69) is 248 Å². The van der Waals surface area contributed by atoms with Gasteiger partial charge in [0, 0.05) is 59.6 Å². The van der Waals surface area contributed by atoms with Crippen LogP contribution in [0.5, 0.6) is 11.5 Å². The van der Waals surface area contributed by atoms with Gasteiger partial charge in [-0.15, -0.1) is 29.7 Å². The summed E-state index contributed by atoms with van der Waals surface area (Å²) in [4.78, 5) is 5.27. The standard InChI is InChI=1S/C66H40N6O.Pt/c1-2-18-44(19-3-1)49-22-4-9-28-56(49)69-43-68(61-33-14-15-34-62(61)69)45-20-16-21-47(40-45)73-48-37-38-54-52-25-7-13-32-60(52)72(64(54)41-48)65-39-36-46(42-67-65)70-57-29-10-8-26-53(57)55-27-17-35-63(66(55)70)71-58-30-11-5-23-50(58)51-24-6-12-31-59(51)71;/h1-39,42H;/q-2;. The molecule has 7 nitrogen and oxygen atoms in total. The van der Waals surface area contributed by atoms with Gasteiger partial charge in [-0.3, -0.25) is 4.57 Å². The first-order valence-corrected chi connectivity index (χ1v) is 24.5. The van der Waals surface area contributed by atoms with Crippen LogP contribution in [0.15, 0.2) is 243 Å². The molecule has 0 N–H and O–H groups in total. The Morgan fingerprint density at radius 1 is 0.419 bits per heavy atom. The van der Waals surface area contributed by atoms with Crippen LogP contribution < -0.4 is 9.30 Å². The van der Waals surface area contributed by atoms with Gasteiger partial charge in [0.25, 0.3) is 6.33 Å². The summed E-state index contributed by atoms with van der Waals surface area (Å²) in [6, 6.07) is 90.0. The van der Waals surface area contributed by atoms with Crippen molar-refractivity contribution in [3.63, 3.8) is 0 Å². The van der Waals surface area contributed by atoms with E-state index < -0.39 is 0 Å². The number of hydrogen-bond acceptors (Lipinski definition) is 2. The van der Waals surface area contributed by atoms with Gasteiger partial charge in [0.15, 0.2) is 0 Å². The second kappa shape index (κ2) is 17.5. The number of nitrogens with zero attached hydrogens (tertiary/aromatic N) is 6. The molecule has 15 rings (SSSR count). The summed E-state index contributed by atoms with van der Waals surface area (Å²) >= 11 is 0. The van der Waals surface area contributed by atoms with Crippen molar-refractivity contribution in [2.45, 2.75) is 0 Å². The third-order valence-electron chi connectivity index (χ3n) is 14.3. The minimum Gasteiger partial charge on any atom is -0.510 e. The Labute approximate surface area is 439 Å². The van der Waals surface area contributed by atoms with Crippen molar-refractivity contribution in [3.8, 4) is 51.2 Å². The zero-order valence-electron chi connectivity index (χ0n) is 39.5. The quantitative estimate of drug-likeness (QED) is 0.112. The predicted molar refractivity (Wildman–Crippen MR) is 294 cm³/mol. The van der Waals surface area contributed by atoms with E-state index in [0.717, 1.165) is 83.6 Å². The number of rotatable bonds is 8. The minimum atomic E-state index is 0. The zero-order valence-corrected chi connectivity index (χ0v) is 41.8. The molecule has 15 aromatic rings. The van der Waals surface area contributed by atoms with Crippen molar-refractivity contribution in [1.29, 1.82) is 0 Å². The van der Waals surface area contributed by atoms with E-state index in [-0.39, 0.29) is 21.1 Å². The number of ether oxygens (including phenoxy) is 1. The molecule has 0 radical (unpaired) electrons. The van der Waals surface area contributed by atoms with E-state index in [1.807, 2.05) is 36.5 Å². The van der Waals surface area contributed by atoms with Crippen LogP contribution in [0.3, 0.4) is 0 Å². The predicted octanol–water partition coefficient (Wildman–Crippen LogP) is 15.5. The van der Waals surface area contributed by atoms with Crippen molar-refractivity contribution >= 4 is 76.5 Å². The molecule has 5 heterocycles. The second-order valence-electron chi connectivity index (χ2n) is 18.4. The van der Waals surface area contributed by atoms with Gasteiger partial charge in [-0.25, -0.2) is 4.98 Å². The molecule has 0 bridgehead atoms. The first-order valence-electron chi connectivity index (χ1n) is 24.5. The molecule has 0 unspecified atom stereocenters. The monoisotopic (exact) mass is 1130 g/mol. The maximum atomic E-state index is 6.68. The van der Waals surface area contributed by atoms with Crippen molar-refractivity contribution in [2.24, 2.45) is 0 Å². The second-order valence-corrected chi connectivity index (χ2v) is 18.4. The summed E-state index contributed by atoms with van der Waals surface area (Å²) < 4.78 is 17.8. The van der Waals surface area contributed by atoms with Gasteiger partial charge in [-0.05, 0) is 70.7 Å². The summed E-state index contributed by atoms with van der Waals surface area (Å²) in [7, 11) is 0. The van der Waals surface area contributed by atoms with E-state index in [1.54, 1.807) is 0 Å². The Morgan fingerprint density at radius 3 is 1.73 bits per heavy atom. The third kappa shape index (κ3) is 6.78. The van der Waals surface area contributed by atoms with Gasteiger partial charge in [0.2, 0.25) is 0 Å². The van der Waals surface area contributed by atoms with Gasteiger partial charge in [-0.1, -0.05) is 163 Å². The van der Waals surface area contributed by atoms with Crippen LogP contribution in [-0.2, 0) is 21.1 Å². The average Bonchev–Trinajstić information content (AvgIpc) is 4.20. The number of pyridine rings is 1. The topological polar surface area (TPSA) is 45.7 Å². The fraction of sp³-hybridized carbons (Fsp3) is 0. The van der Waals surface area contributed by atoms with Crippen LogP contribution in [0.1, 0.15) is 0 Å². The molecule has 0 aliphatic carbocycles. The number of benzene rings is 10. The van der Waals surface area contributed by atoms with Gasteiger partial charge < -0.3 is 23.0 Å². The van der Waals surface area contributed by atoms with Gasteiger partial charge in [-0.2, -0.15) is 18.2 Å². The van der Waals surface area contributed by atoms with Gasteiger partial charge in [0.1, 0.15) is 5.82 Å². The molecule has 0 saturated heterocycles. The molecule has 74 heavy (non-hydrogen) atoms. The maximum Gasteiger partial charge on any atom is 0.268 e. The summed E-state index contributed by atoms with van der Waals surface area (Å²) in [5, 5.41) is 6.98. The Bertz CT molecular complexity index is 4610. The molecule has 0 fully saturated rings. The third-order valence-corrected chi connectivity index (χ3v) is 14.3. The number of imidazole rings is 1. The van der Waals surface area contributed by atoms with Crippen molar-refractivity contribution in [3.05, 3.63) is 261 Å². The Balaban J connectivity index is 0.00000505. The van der Waals surface area contributed by atoms with Crippen molar-refractivity contribution < 1.29 is 30.4 Å². The minimum absolute atomic E-state index is 0. The Kier molecular flexibility index (Phi) is 10.3. The number of para-hydroxylation sites is 8. The van der Waals surface area contributed by atoms with Crippen LogP contribution in [-0.4, -0.2) is 23.3 Å². The van der Waals surface area contributed by atoms with E-state index in [4.69, 9.17) is 9.72 Å². The number of aromatic nitrogens is 6. The average molecular weight is 1130 g/mol. The summed E-state index contributed by atoms with van der Waals surface area (Å²) in [6.45, 7) is 0. The molecule has 0 aliphatic rings. The molecule has 8 heteroatoms. The molecular formula is C66H40N6OPt-2. The van der Waals surface area contributed by atoms with Crippen molar-refractivity contribution in [2.75, 3.05) is 0 Å². The van der Waals surface area contributed by atoms with Crippen LogP contribution in [0.4, 0.5) is 0 Å². The molecule has 0 atom stereocenters. The fourth-order valence-corrected chi connectivity index (χ4v) is 11.1. The molecule has 0 saturated carbocycles. The SMILES string of the molecule is [Pt].[c-]1c(Oc2[c-]c3c(cc2)c2ccccc2n3-c2ccc(-n3c4ccccc4c4cccc(-n5c6ccccc6c6ccccc65)c43)cn2)cccc1-n1[c-][n+](-c2ccccc2-c2ccccc2)c2ccccc21. The zero-order chi connectivity index (χ0) is 48.0. The summed E-state index contributed by atoms with van der Waals surface area (Å²) in [5.41, 5.74) is 14.7. The van der Waals surface area contributed by atoms with Crippen molar-refractivity contribution in [1.82, 2.24) is 23.3 Å². The molecule has 0 amide bonds. The smallest absolute Gasteiger partial charge is 0.268 e. The molecule has 10 aromatic carbocycles. The van der Waals surface area contributed by atoms with E-state index in [9.17, 15) is 0 Å². The number of fused-ring (bicyclic) bond motifs is 10. The van der Waals surface area contributed by atoms with Gasteiger partial charge >= 0.3 is 0 Å². The van der Waals surface area contributed by atoms with Crippen LogP contribution >= 0.6 is 0 Å². The first-order chi connectivity index (χ1) is 36.2. The Morgan fingerprint density at radius 2 is 1.00 bits per heavy atom. The van der Waals surface area contributed by atoms with E-state index >= 15 is 0 Å². The van der Waals surface area contributed by atoms with Crippen LogP contribution in [0, 0.1) is 18.5 Å².